The van der Waals surface area contributed by atoms with Crippen LogP contribution in [-0.4, -0.2) is 53.4 Å². The zero-order valence-electron chi connectivity index (χ0n) is 11.5. The van der Waals surface area contributed by atoms with E-state index in [-0.39, 0.29) is 6.61 Å². The Bertz CT molecular complexity index is 415. The number of hydrogen-bond acceptors (Lipinski definition) is 7. The van der Waals surface area contributed by atoms with E-state index in [9.17, 15) is 5.11 Å². The van der Waals surface area contributed by atoms with E-state index in [4.69, 9.17) is 4.74 Å². The van der Waals surface area contributed by atoms with E-state index in [1.165, 1.54) is 0 Å². The van der Waals surface area contributed by atoms with Crippen molar-refractivity contribution in [1.82, 2.24) is 15.0 Å². The second-order valence-electron chi connectivity index (χ2n) is 4.61. The molecule has 2 heterocycles. The van der Waals surface area contributed by atoms with Gasteiger partial charge in [0.2, 0.25) is 11.9 Å². The Labute approximate surface area is 113 Å². The number of hydrogen-bond donors (Lipinski definition) is 2. The van der Waals surface area contributed by atoms with Gasteiger partial charge in [0.15, 0.2) is 0 Å². The van der Waals surface area contributed by atoms with E-state index in [1.54, 1.807) is 7.11 Å². The topological polar surface area (TPSA) is 83.4 Å². The molecule has 1 fully saturated rings. The molecule has 0 amide bonds. The van der Waals surface area contributed by atoms with E-state index < -0.39 is 0 Å². The van der Waals surface area contributed by atoms with Gasteiger partial charge >= 0.3 is 6.01 Å². The summed E-state index contributed by atoms with van der Waals surface area (Å²) in [6.07, 6.45) is 2.09. The van der Waals surface area contributed by atoms with Crippen LogP contribution in [0.3, 0.4) is 0 Å². The van der Waals surface area contributed by atoms with Crippen molar-refractivity contribution in [3.05, 3.63) is 0 Å². The lowest BCUT2D eigenvalue weighted by Crippen LogP contribution is -2.38. The Balaban J connectivity index is 2.19. The predicted molar refractivity (Wildman–Crippen MR) is 72.6 cm³/mol. The lowest BCUT2D eigenvalue weighted by Gasteiger charge is -2.31. The van der Waals surface area contributed by atoms with Crippen LogP contribution in [0.1, 0.15) is 19.8 Å². The second-order valence-corrected chi connectivity index (χ2v) is 4.61. The van der Waals surface area contributed by atoms with Gasteiger partial charge in [0.1, 0.15) is 0 Å². The van der Waals surface area contributed by atoms with Crippen LogP contribution in [-0.2, 0) is 0 Å². The Morgan fingerprint density at radius 1 is 1.42 bits per heavy atom. The summed E-state index contributed by atoms with van der Waals surface area (Å²) >= 11 is 0. The van der Waals surface area contributed by atoms with Gasteiger partial charge < -0.3 is 20.1 Å². The lowest BCUT2D eigenvalue weighted by molar-refractivity contribution is 0.208. The molecule has 0 saturated carbocycles. The average Bonchev–Trinajstić information content (AvgIpc) is 2.47. The number of anilines is 2. The largest absolute Gasteiger partial charge is 0.467 e. The first-order valence-corrected chi connectivity index (χ1v) is 6.66. The summed E-state index contributed by atoms with van der Waals surface area (Å²) in [5.74, 6) is 1.43. The molecule has 0 radical (unpaired) electrons. The fourth-order valence-electron chi connectivity index (χ4n) is 2.21. The van der Waals surface area contributed by atoms with Gasteiger partial charge in [-0.15, -0.1) is 0 Å². The molecular weight excluding hydrogens is 246 g/mol. The third-order valence-electron chi connectivity index (χ3n) is 3.18. The summed E-state index contributed by atoms with van der Waals surface area (Å²) in [6, 6.07) is 0.312. The standard InChI is InChI=1S/C12H21N5O2/c1-3-13-10-14-11(16-12(15-10)19-2)17-6-4-5-9(7-17)8-18/h9,18H,3-8H2,1-2H3,(H,13,14,15,16). The van der Waals surface area contributed by atoms with Crippen LogP contribution in [0.15, 0.2) is 0 Å². The predicted octanol–water partition coefficient (Wildman–Crippen LogP) is 0.521. The SMILES string of the molecule is CCNc1nc(OC)nc(N2CCCC(CO)C2)n1. The molecule has 1 aliphatic heterocycles. The number of methoxy groups -OCH3 is 1. The summed E-state index contributed by atoms with van der Waals surface area (Å²) in [5, 5.41) is 12.3. The van der Waals surface area contributed by atoms with Gasteiger partial charge in [-0.05, 0) is 25.7 Å². The van der Waals surface area contributed by atoms with E-state index in [0.717, 1.165) is 32.5 Å². The first-order chi connectivity index (χ1) is 9.26. The van der Waals surface area contributed by atoms with Gasteiger partial charge in [-0.3, -0.25) is 0 Å². The van der Waals surface area contributed by atoms with E-state index >= 15 is 0 Å². The number of aliphatic hydroxyl groups is 1. The average molecular weight is 267 g/mol. The van der Waals surface area contributed by atoms with Crippen molar-refractivity contribution in [3.8, 4) is 6.01 Å². The van der Waals surface area contributed by atoms with Crippen molar-refractivity contribution >= 4 is 11.9 Å². The minimum atomic E-state index is 0.207. The molecule has 0 spiro atoms. The van der Waals surface area contributed by atoms with Crippen LogP contribution in [0, 0.1) is 5.92 Å². The summed E-state index contributed by atoms with van der Waals surface area (Å²) in [4.78, 5) is 14.9. The molecule has 0 aliphatic carbocycles. The maximum absolute atomic E-state index is 9.28. The molecule has 1 aliphatic rings. The normalized spacial score (nSPS) is 19.3. The fraction of sp³-hybridized carbons (Fsp3) is 0.750. The molecule has 0 aromatic carbocycles. The number of nitrogens with zero attached hydrogens (tertiary/aromatic N) is 4. The number of piperidine rings is 1. The van der Waals surface area contributed by atoms with Crippen LogP contribution in [0.25, 0.3) is 0 Å². The first-order valence-electron chi connectivity index (χ1n) is 6.66. The second kappa shape index (κ2) is 6.51. The Morgan fingerprint density at radius 2 is 2.26 bits per heavy atom. The highest BCUT2D eigenvalue weighted by molar-refractivity contribution is 5.38. The molecule has 1 aromatic heterocycles. The fourth-order valence-corrected chi connectivity index (χ4v) is 2.21. The van der Waals surface area contributed by atoms with Crippen LogP contribution in [0.4, 0.5) is 11.9 Å². The van der Waals surface area contributed by atoms with Gasteiger partial charge in [0.05, 0.1) is 7.11 Å². The minimum Gasteiger partial charge on any atom is -0.467 e. The van der Waals surface area contributed by atoms with Gasteiger partial charge in [0.25, 0.3) is 0 Å². The molecule has 19 heavy (non-hydrogen) atoms. The monoisotopic (exact) mass is 267 g/mol. The summed E-state index contributed by atoms with van der Waals surface area (Å²) < 4.78 is 5.11. The molecule has 1 atom stereocenters. The number of rotatable bonds is 5. The summed E-state index contributed by atoms with van der Waals surface area (Å²) in [6.45, 7) is 4.60. The van der Waals surface area contributed by atoms with Crippen LogP contribution < -0.4 is 15.0 Å². The van der Waals surface area contributed by atoms with E-state index in [0.29, 0.717) is 23.8 Å². The molecule has 1 unspecified atom stereocenters. The van der Waals surface area contributed by atoms with E-state index in [1.807, 2.05) is 6.92 Å². The molecular formula is C12H21N5O2. The zero-order chi connectivity index (χ0) is 13.7. The maximum atomic E-state index is 9.28. The van der Waals surface area contributed by atoms with Crippen LogP contribution >= 0.6 is 0 Å². The third-order valence-corrected chi connectivity index (χ3v) is 3.18. The lowest BCUT2D eigenvalue weighted by atomic mass is 9.99. The molecule has 1 saturated heterocycles. The maximum Gasteiger partial charge on any atom is 0.322 e. The molecule has 7 heteroatoms. The summed E-state index contributed by atoms with van der Waals surface area (Å²) in [7, 11) is 1.54. The number of aliphatic hydroxyl groups excluding tert-OH is 1. The summed E-state index contributed by atoms with van der Waals surface area (Å²) in [5.41, 5.74) is 0. The van der Waals surface area contributed by atoms with Gasteiger partial charge in [0, 0.05) is 26.2 Å². The molecule has 2 rings (SSSR count). The number of nitrogens with one attached hydrogen (secondary N) is 1. The van der Waals surface area contributed by atoms with Crippen molar-refractivity contribution < 1.29 is 9.84 Å². The number of ether oxygens (including phenoxy) is 1. The van der Waals surface area contributed by atoms with E-state index in [2.05, 4.69) is 25.2 Å². The van der Waals surface area contributed by atoms with Crippen LogP contribution in [0.5, 0.6) is 6.01 Å². The van der Waals surface area contributed by atoms with Crippen molar-refractivity contribution in [2.24, 2.45) is 5.92 Å². The smallest absolute Gasteiger partial charge is 0.322 e. The highest BCUT2D eigenvalue weighted by Gasteiger charge is 2.22. The Kier molecular flexibility index (Phi) is 4.73. The Morgan fingerprint density at radius 3 is 2.95 bits per heavy atom. The van der Waals surface area contributed by atoms with Crippen molar-refractivity contribution in [2.45, 2.75) is 19.8 Å². The third kappa shape index (κ3) is 3.44. The van der Waals surface area contributed by atoms with Gasteiger partial charge in [-0.25, -0.2) is 0 Å². The molecule has 106 valence electrons. The molecule has 2 N–H and O–H groups in total. The van der Waals surface area contributed by atoms with Gasteiger partial charge in [-0.2, -0.15) is 15.0 Å². The minimum absolute atomic E-state index is 0.207. The quantitative estimate of drug-likeness (QED) is 0.804. The zero-order valence-corrected chi connectivity index (χ0v) is 11.5. The first kappa shape index (κ1) is 13.8. The van der Waals surface area contributed by atoms with Crippen molar-refractivity contribution in [2.75, 3.05) is 43.6 Å². The van der Waals surface area contributed by atoms with Crippen molar-refractivity contribution in [3.63, 3.8) is 0 Å². The highest BCUT2D eigenvalue weighted by Crippen LogP contribution is 2.22. The molecule has 7 nitrogen and oxygen atoms in total. The van der Waals surface area contributed by atoms with Crippen LogP contribution in [0.2, 0.25) is 0 Å². The molecule has 0 bridgehead atoms. The Hall–Kier alpha value is -1.63. The number of aromatic nitrogens is 3. The molecule has 1 aromatic rings. The van der Waals surface area contributed by atoms with Gasteiger partial charge in [-0.1, -0.05) is 0 Å². The highest BCUT2D eigenvalue weighted by atomic mass is 16.5. The van der Waals surface area contributed by atoms with Crippen molar-refractivity contribution in [1.29, 1.82) is 0 Å².